The summed E-state index contributed by atoms with van der Waals surface area (Å²) in [5.41, 5.74) is 0. The van der Waals surface area contributed by atoms with Gasteiger partial charge >= 0.3 is 33.6 Å². The molecule has 5 atom stereocenters. The maximum Gasteiger partial charge on any atom is 0.472 e. The second kappa shape index (κ2) is 77.3. The topological polar surface area (TPSA) is 231 Å². The molecule has 4 N–H and O–H groups in total. The zero-order valence-corrected chi connectivity index (χ0v) is 66.5. The van der Waals surface area contributed by atoms with Crippen molar-refractivity contribution in [3.8, 4) is 0 Å². The Labute approximate surface area is 626 Å². The fourth-order valence-corrected chi connectivity index (χ4v) is 12.3. The lowest BCUT2D eigenvalue weighted by molar-refractivity contribution is -0.161. The molecule has 0 aromatic rings. The van der Waals surface area contributed by atoms with Crippen molar-refractivity contribution in [2.75, 3.05) is 39.6 Å². The van der Waals surface area contributed by atoms with Crippen LogP contribution in [0.15, 0.2) is 134 Å². The molecule has 18 heteroatoms. The van der Waals surface area contributed by atoms with Gasteiger partial charge in [-0.2, -0.15) is 0 Å². The van der Waals surface area contributed by atoms with Gasteiger partial charge in [-0.25, -0.2) is 9.13 Å². The third kappa shape index (κ3) is 78.6. The van der Waals surface area contributed by atoms with Crippen molar-refractivity contribution < 1.29 is 75.8 Å². The van der Waals surface area contributed by atoms with E-state index in [9.17, 15) is 43.5 Å². The number of unbranched alkanes of at least 4 members (excludes halogenated alkanes) is 31. The van der Waals surface area contributed by atoms with E-state index in [2.05, 4.69) is 154 Å². The Balaban J connectivity index is 4.43. The number of phosphoric ester groups is 2. The van der Waals surface area contributed by atoms with Crippen LogP contribution >= 0.6 is 15.6 Å². The van der Waals surface area contributed by atoms with Gasteiger partial charge in [0.05, 0.1) is 26.4 Å². The van der Waals surface area contributed by atoms with Gasteiger partial charge in [-0.3, -0.25) is 32.5 Å². The summed E-state index contributed by atoms with van der Waals surface area (Å²) in [6.45, 7) is 2.42. The Morgan fingerprint density at radius 1 is 0.282 bits per heavy atom. The van der Waals surface area contributed by atoms with Gasteiger partial charge in [-0.1, -0.05) is 309 Å². The van der Waals surface area contributed by atoms with Crippen molar-refractivity contribution in [2.45, 2.75) is 347 Å². The maximum absolute atomic E-state index is 12.9. The van der Waals surface area contributed by atoms with Crippen LogP contribution in [0.25, 0.3) is 0 Å². The number of esters is 3. The number of allylic oxidation sites excluding steroid dienone is 22. The average molecular weight is 1490 g/mol. The molecule has 0 bridgehead atoms. The van der Waals surface area contributed by atoms with E-state index in [0.29, 0.717) is 19.3 Å². The molecule has 0 aliphatic heterocycles. The second-order valence-electron chi connectivity index (χ2n) is 26.8. The minimum absolute atomic E-state index is 0.0881. The molecule has 0 fully saturated rings. The van der Waals surface area contributed by atoms with Gasteiger partial charge in [-0.05, 0) is 135 Å². The molecule has 0 spiro atoms. The highest BCUT2D eigenvalue weighted by Crippen LogP contribution is 2.45. The van der Waals surface area contributed by atoms with Crippen LogP contribution in [0.1, 0.15) is 329 Å². The molecule has 5 unspecified atom stereocenters. The van der Waals surface area contributed by atoms with E-state index in [4.69, 9.17) is 32.3 Å². The Kier molecular flexibility index (Phi) is 74.1. The van der Waals surface area contributed by atoms with Crippen molar-refractivity contribution in [2.24, 2.45) is 0 Å². The van der Waals surface area contributed by atoms with Crippen LogP contribution < -0.4 is 0 Å². The SMILES string of the molecule is CC/C=C\C/C=C\C/C=C\C/C=C\C/C=C\CCCCCCCCCCCCCCCCCCCC(=O)OCC(O)COP(=O)(O)OCC(O)COP(=O)(O)OCC(COC(=O)CCCCCCC/C=C\C/C=C\C/C=C\C/C=C\C/C=C\CC)OC(=O)CCCCCCC/C=C\CCCCCC. The lowest BCUT2D eigenvalue weighted by Gasteiger charge is -2.21. The normalized spacial score (nSPS) is 14.7. The molecule has 0 heterocycles. The summed E-state index contributed by atoms with van der Waals surface area (Å²) in [5.74, 6) is -1.60. The first kappa shape index (κ1) is 98.7. The van der Waals surface area contributed by atoms with Gasteiger partial charge in [0.15, 0.2) is 6.10 Å². The van der Waals surface area contributed by atoms with Gasteiger partial charge in [-0.15, -0.1) is 0 Å². The van der Waals surface area contributed by atoms with Crippen molar-refractivity contribution in [1.29, 1.82) is 0 Å². The third-order valence-electron chi connectivity index (χ3n) is 16.8. The van der Waals surface area contributed by atoms with Crippen LogP contribution in [0.3, 0.4) is 0 Å². The summed E-state index contributed by atoms with van der Waals surface area (Å²) in [5, 5.41) is 20.6. The summed E-state index contributed by atoms with van der Waals surface area (Å²) < 4.78 is 61.1. The van der Waals surface area contributed by atoms with Crippen LogP contribution in [0.4, 0.5) is 0 Å². The Morgan fingerprint density at radius 2 is 0.515 bits per heavy atom. The van der Waals surface area contributed by atoms with E-state index >= 15 is 0 Å². The van der Waals surface area contributed by atoms with Gasteiger partial charge in [0.2, 0.25) is 0 Å². The molecule has 0 saturated carbocycles. The van der Waals surface area contributed by atoms with Gasteiger partial charge in [0.1, 0.15) is 25.4 Å². The zero-order chi connectivity index (χ0) is 75.2. The maximum atomic E-state index is 12.9. The number of carbonyl (C=O) groups excluding carboxylic acids is 3. The fourth-order valence-electron chi connectivity index (χ4n) is 10.7. The second-order valence-corrected chi connectivity index (χ2v) is 29.7. The van der Waals surface area contributed by atoms with E-state index < -0.39 is 91.5 Å². The van der Waals surface area contributed by atoms with Crippen LogP contribution in [0.5, 0.6) is 0 Å². The molecule has 0 aromatic carbocycles. The van der Waals surface area contributed by atoms with Gasteiger partial charge in [0, 0.05) is 19.3 Å². The smallest absolute Gasteiger partial charge is 0.463 e. The Morgan fingerprint density at radius 3 is 0.825 bits per heavy atom. The van der Waals surface area contributed by atoms with Crippen LogP contribution in [-0.2, 0) is 55.8 Å². The molecule has 0 saturated heterocycles. The average Bonchev–Trinajstić information content (AvgIpc) is 0.937. The third-order valence-corrected chi connectivity index (χ3v) is 18.7. The van der Waals surface area contributed by atoms with Crippen LogP contribution in [0, 0.1) is 0 Å². The number of aliphatic hydroxyl groups is 2. The number of ether oxygens (including phenoxy) is 3. The molecule has 0 rings (SSSR count). The highest BCUT2D eigenvalue weighted by Gasteiger charge is 2.29. The predicted molar refractivity (Wildman–Crippen MR) is 426 cm³/mol. The van der Waals surface area contributed by atoms with E-state index in [-0.39, 0.29) is 19.3 Å². The van der Waals surface area contributed by atoms with E-state index in [1.54, 1.807) is 0 Å². The molecule has 16 nitrogen and oxygen atoms in total. The molecule has 0 radical (unpaired) electrons. The first-order chi connectivity index (χ1) is 50.2. The molecule has 0 aliphatic rings. The highest BCUT2D eigenvalue weighted by molar-refractivity contribution is 7.47. The summed E-state index contributed by atoms with van der Waals surface area (Å²) in [6, 6.07) is 0. The lowest BCUT2D eigenvalue weighted by atomic mass is 10.0. The number of hydrogen-bond donors (Lipinski definition) is 4. The van der Waals surface area contributed by atoms with Crippen molar-refractivity contribution >= 4 is 33.6 Å². The number of aliphatic hydroxyl groups excluding tert-OH is 2. The van der Waals surface area contributed by atoms with E-state index in [0.717, 1.165) is 154 Å². The number of hydrogen-bond acceptors (Lipinski definition) is 14. The van der Waals surface area contributed by atoms with Gasteiger partial charge in [0.25, 0.3) is 0 Å². The standard InChI is InChI=1S/C85H146O16P2/c1-4-7-10-13-16-19-22-25-27-29-31-33-34-35-36-37-38-39-40-41-42-43-44-46-48-49-51-54-56-59-62-65-68-71-83(88)95-74-80(86)75-97-102(91,92)98-76-81(87)77-99-103(93,94)100-79-82(101-85(90)73-70-67-64-61-58-53-24-21-18-15-12-9-6-3)78-96-84(89)72-69-66-63-60-57-55-52-50-47-45-32-30-28-26-23-20-17-14-11-8-5-2/h7-8,10-11,16-17,19-21,24-28,31-33,35-36,45,50,52,80-82,86-87H,4-6,9,12-15,18,22-23,29-30,34,37-44,46-49,51,53-79H2,1-3H3,(H,91,92)(H,93,94)/b10-7-,11-8-,19-16-,20-17-,24-21-,27-25-,28-26-,33-31-,36-35-,45-32-,52-50-. The predicted octanol–water partition coefficient (Wildman–Crippen LogP) is 23.9. The summed E-state index contributed by atoms with van der Waals surface area (Å²) in [4.78, 5) is 58.6. The summed E-state index contributed by atoms with van der Waals surface area (Å²) in [7, 11) is -9.79. The monoisotopic (exact) mass is 1490 g/mol. The molecule has 0 aliphatic carbocycles. The minimum Gasteiger partial charge on any atom is -0.463 e. The summed E-state index contributed by atoms with van der Waals surface area (Å²) in [6.07, 6.45) is 93.7. The number of carbonyl (C=O) groups is 3. The largest absolute Gasteiger partial charge is 0.472 e. The molecule has 592 valence electrons. The first-order valence-electron chi connectivity index (χ1n) is 40.5. The number of phosphoric acid groups is 2. The Hall–Kier alpha value is -4.31. The molecule has 103 heavy (non-hydrogen) atoms. The molecule has 0 amide bonds. The number of rotatable bonds is 76. The molecular formula is C85H146O16P2. The first-order valence-corrected chi connectivity index (χ1v) is 43.5. The van der Waals surface area contributed by atoms with Crippen molar-refractivity contribution in [3.05, 3.63) is 134 Å². The summed E-state index contributed by atoms with van der Waals surface area (Å²) >= 11 is 0. The Bertz CT molecular complexity index is 2410. The fraction of sp³-hybridized carbons (Fsp3) is 0.706. The van der Waals surface area contributed by atoms with Crippen molar-refractivity contribution in [3.63, 3.8) is 0 Å². The van der Waals surface area contributed by atoms with E-state index in [1.165, 1.54) is 116 Å². The zero-order valence-electron chi connectivity index (χ0n) is 64.7. The highest BCUT2D eigenvalue weighted by atomic mass is 31.2. The van der Waals surface area contributed by atoms with E-state index in [1.807, 2.05) is 0 Å². The lowest BCUT2D eigenvalue weighted by Crippen LogP contribution is -2.30. The quantitative estimate of drug-likeness (QED) is 0.0146. The minimum atomic E-state index is -4.94. The van der Waals surface area contributed by atoms with Crippen LogP contribution in [0.2, 0.25) is 0 Å². The van der Waals surface area contributed by atoms with Crippen LogP contribution in [-0.4, -0.2) is 95.9 Å². The molecular weight excluding hydrogens is 1340 g/mol. The van der Waals surface area contributed by atoms with Gasteiger partial charge < -0.3 is 34.2 Å². The van der Waals surface area contributed by atoms with Crippen molar-refractivity contribution in [1.82, 2.24) is 0 Å². The molecule has 0 aromatic heterocycles.